The molecule has 2 rings (SSSR count). The lowest BCUT2D eigenvalue weighted by Crippen LogP contribution is -2.48. The average Bonchev–Trinajstić information content (AvgIpc) is 2.54. The first-order valence-corrected chi connectivity index (χ1v) is 8.41. The van der Waals surface area contributed by atoms with Crippen molar-refractivity contribution in [2.75, 3.05) is 33.3 Å². The summed E-state index contributed by atoms with van der Waals surface area (Å²) in [6.07, 6.45) is 0.732. The van der Waals surface area contributed by atoms with E-state index >= 15 is 0 Å². The highest BCUT2D eigenvalue weighted by molar-refractivity contribution is 7.88. The second-order valence-corrected chi connectivity index (χ2v) is 6.95. The van der Waals surface area contributed by atoms with Crippen LogP contribution in [0.2, 0.25) is 0 Å². The topological polar surface area (TPSA) is 84.0 Å². The van der Waals surface area contributed by atoms with E-state index in [0.29, 0.717) is 37.3 Å². The van der Waals surface area contributed by atoms with E-state index in [2.05, 4.69) is 4.74 Å². The van der Waals surface area contributed by atoms with E-state index in [0.717, 1.165) is 6.41 Å². The molecule has 0 radical (unpaired) electrons. The van der Waals surface area contributed by atoms with Gasteiger partial charge in [0.15, 0.2) is 0 Å². The number of hydrogen-bond acceptors (Lipinski definition) is 5. The van der Waals surface area contributed by atoms with Crippen molar-refractivity contribution in [2.24, 2.45) is 0 Å². The van der Waals surface area contributed by atoms with Gasteiger partial charge in [0.05, 0.1) is 18.4 Å². The molecule has 0 spiro atoms. The third-order valence-electron chi connectivity index (χ3n) is 3.54. The van der Waals surface area contributed by atoms with E-state index in [1.54, 1.807) is 29.2 Å². The third-order valence-corrected chi connectivity index (χ3v) is 5.39. The molecule has 1 fully saturated rings. The highest BCUT2D eigenvalue weighted by atomic mass is 32.2. The van der Waals surface area contributed by atoms with Crippen molar-refractivity contribution < 1.29 is 22.7 Å². The molecular formula is C14H18N2O5S. The first-order chi connectivity index (χ1) is 10.5. The molecular weight excluding hydrogens is 308 g/mol. The number of ether oxygens (including phenoxy) is 1. The quantitative estimate of drug-likeness (QED) is 0.565. The highest BCUT2D eigenvalue weighted by Gasteiger charge is 2.26. The number of esters is 1. The predicted molar refractivity (Wildman–Crippen MR) is 79.6 cm³/mol. The second kappa shape index (κ2) is 6.89. The van der Waals surface area contributed by atoms with E-state index < -0.39 is 16.0 Å². The number of rotatable bonds is 5. The number of nitrogens with zero attached hydrogens (tertiary/aromatic N) is 2. The maximum atomic E-state index is 12.4. The normalized spacial score (nSPS) is 16.3. The molecule has 1 aliphatic rings. The summed E-state index contributed by atoms with van der Waals surface area (Å²) < 4.78 is 30.7. The number of carbonyl (C=O) groups excluding carboxylic acids is 2. The van der Waals surface area contributed by atoms with E-state index in [4.69, 9.17) is 0 Å². The minimum absolute atomic E-state index is 0.129. The minimum Gasteiger partial charge on any atom is -0.465 e. The number of amides is 1. The maximum absolute atomic E-state index is 12.4. The van der Waals surface area contributed by atoms with Crippen LogP contribution in [0, 0.1) is 0 Å². The fraction of sp³-hybridized carbons (Fsp3) is 0.429. The average molecular weight is 326 g/mol. The van der Waals surface area contributed by atoms with Gasteiger partial charge < -0.3 is 9.64 Å². The zero-order valence-corrected chi connectivity index (χ0v) is 13.1. The van der Waals surface area contributed by atoms with Gasteiger partial charge in [-0.3, -0.25) is 4.79 Å². The molecule has 0 aliphatic carbocycles. The molecule has 7 nitrogen and oxygen atoms in total. The fourth-order valence-corrected chi connectivity index (χ4v) is 3.76. The van der Waals surface area contributed by atoms with Gasteiger partial charge in [0.25, 0.3) is 0 Å². The maximum Gasteiger partial charge on any atom is 0.337 e. The summed E-state index contributed by atoms with van der Waals surface area (Å²) in [6.45, 7) is 1.43. The van der Waals surface area contributed by atoms with Gasteiger partial charge in [-0.2, -0.15) is 4.31 Å². The van der Waals surface area contributed by atoms with Crippen molar-refractivity contribution in [1.29, 1.82) is 0 Å². The summed E-state index contributed by atoms with van der Waals surface area (Å²) >= 11 is 0. The zero-order valence-electron chi connectivity index (χ0n) is 12.3. The van der Waals surface area contributed by atoms with Gasteiger partial charge in [-0.25, -0.2) is 13.2 Å². The Bertz CT molecular complexity index is 634. The van der Waals surface area contributed by atoms with Crippen LogP contribution in [-0.2, 0) is 25.3 Å². The second-order valence-electron chi connectivity index (χ2n) is 4.99. The standard InChI is InChI=1S/C14H18N2O5S/c1-21-14(18)13-4-2-12(3-5-13)10-22(19,20)16-8-6-15(11-17)7-9-16/h2-5,11H,6-10H2,1H3. The highest BCUT2D eigenvalue weighted by Crippen LogP contribution is 2.14. The van der Waals surface area contributed by atoms with Crippen molar-refractivity contribution in [3.63, 3.8) is 0 Å². The molecule has 120 valence electrons. The van der Waals surface area contributed by atoms with Gasteiger partial charge >= 0.3 is 5.97 Å². The Morgan fingerprint density at radius 3 is 2.27 bits per heavy atom. The fourth-order valence-electron chi connectivity index (χ4n) is 2.24. The van der Waals surface area contributed by atoms with Crippen LogP contribution in [0.15, 0.2) is 24.3 Å². The van der Waals surface area contributed by atoms with Crippen molar-refractivity contribution in [3.8, 4) is 0 Å². The smallest absolute Gasteiger partial charge is 0.337 e. The minimum atomic E-state index is -3.43. The van der Waals surface area contributed by atoms with Gasteiger partial charge in [0.2, 0.25) is 16.4 Å². The Balaban J connectivity index is 2.03. The van der Waals surface area contributed by atoms with Gasteiger partial charge in [0, 0.05) is 26.2 Å². The van der Waals surface area contributed by atoms with Crippen LogP contribution in [0.5, 0.6) is 0 Å². The molecule has 8 heteroatoms. The van der Waals surface area contributed by atoms with E-state index in [9.17, 15) is 18.0 Å². The van der Waals surface area contributed by atoms with Gasteiger partial charge in [-0.05, 0) is 17.7 Å². The number of piperazine rings is 1. The Morgan fingerprint density at radius 1 is 1.18 bits per heavy atom. The number of carbonyl (C=O) groups is 2. The van der Waals surface area contributed by atoms with Crippen LogP contribution in [-0.4, -0.2) is 63.3 Å². The van der Waals surface area contributed by atoms with Crippen LogP contribution in [0.3, 0.4) is 0 Å². The van der Waals surface area contributed by atoms with Crippen LogP contribution < -0.4 is 0 Å². The molecule has 1 aromatic carbocycles. The monoisotopic (exact) mass is 326 g/mol. The van der Waals surface area contributed by atoms with E-state index in [1.807, 2.05) is 0 Å². The summed E-state index contributed by atoms with van der Waals surface area (Å²) in [6, 6.07) is 6.29. The van der Waals surface area contributed by atoms with Crippen LogP contribution >= 0.6 is 0 Å². The SMILES string of the molecule is COC(=O)c1ccc(CS(=O)(=O)N2CCN(C=O)CC2)cc1. The first-order valence-electron chi connectivity index (χ1n) is 6.80. The van der Waals surface area contributed by atoms with Crippen molar-refractivity contribution in [2.45, 2.75) is 5.75 Å². The van der Waals surface area contributed by atoms with Crippen molar-refractivity contribution in [3.05, 3.63) is 35.4 Å². The largest absolute Gasteiger partial charge is 0.465 e. The Kier molecular flexibility index (Phi) is 5.15. The van der Waals surface area contributed by atoms with Gasteiger partial charge in [-0.1, -0.05) is 12.1 Å². The summed E-state index contributed by atoms with van der Waals surface area (Å²) in [5.41, 5.74) is 0.980. The lowest BCUT2D eigenvalue weighted by atomic mass is 10.1. The molecule has 1 saturated heterocycles. The van der Waals surface area contributed by atoms with Crippen molar-refractivity contribution >= 4 is 22.4 Å². The van der Waals surface area contributed by atoms with Crippen LogP contribution in [0.4, 0.5) is 0 Å². The lowest BCUT2D eigenvalue weighted by molar-refractivity contribution is -0.119. The van der Waals surface area contributed by atoms with Gasteiger partial charge in [0.1, 0.15) is 0 Å². The summed E-state index contributed by atoms with van der Waals surface area (Å²) in [7, 11) is -2.14. The molecule has 1 heterocycles. The molecule has 0 atom stereocenters. The Labute approximate surface area is 129 Å². The first kappa shape index (κ1) is 16.4. The van der Waals surface area contributed by atoms with Crippen molar-refractivity contribution in [1.82, 2.24) is 9.21 Å². The molecule has 0 unspecified atom stereocenters. The molecule has 1 aliphatic heterocycles. The predicted octanol–water partition coefficient (Wildman–Crippen LogP) is 0.0770. The molecule has 0 saturated carbocycles. The third kappa shape index (κ3) is 3.83. The molecule has 22 heavy (non-hydrogen) atoms. The Morgan fingerprint density at radius 2 is 1.77 bits per heavy atom. The molecule has 0 aromatic heterocycles. The zero-order chi connectivity index (χ0) is 16.2. The molecule has 1 aromatic rings. The number of methoxy groups -OCH3 is 1. The molecule has 0 N–H and O–H groups in total. The van der Waals surface area contributed by atoms with Crippen LogP contribution in [0.25, 0.3) is 0 Å². The van der Waals surface area contributed by atoms with Gasteiger partial charge in [-0.15, -0.1) is 0 Å². The molecule has 0 bridgehead atoms. The van der Waals surface area contributed by atoms with Crippen LogP contribution in [0.1, 0.15) is 15.9 Å². The lowest BCUT2D eigenvalue weighted by Gasteiger charge is -2.31. The summed E-state index contributed by atoms with van der Waals surface area (Å²) in [5.74, 6) is -0.588. The number of hydrogen-bond donors (Lipinski definition) is 0. The van der Waals surface area contributed by atoms with E-state index in [1.165, 1.54) is 11.4 Å². The number of sulfonamides is 1. The summed E-state index contributed by atoms with van der Waals surface area (Å²) in [4.78, 5) is 23.5. The number of benzene rings is 1. The Hall–Kier alpha value is -1.93. The molecule has 1 amide bonds. The van der Waals surface area contributed by atoms with E-state index in [-0.39, 0.29) is 5.75 Å². The summed E-state index contributed by atoms with van der Waals surface area (Å²) in [5, 5.41) is 0.